The van der Waals surface area contributed by atoms with Gasteiger partial charge in [-0.05, 0) is 77.3 Å². The van der Waals surface area contributed by atoms with Gasteiger partial charge in [0.1, 0.15) is 18.2 Å². The van der Waals surface area contributed by atoms with Crippen LogP contribution < -0.4 is 5.73 Å². The molecule has 7 nitrogen and oxygen atoms in total. The van der Waals surface area contributed by atoms with E-state index in [4.69, 9.17) is 5.73 Å². The Morgan fingerprint density at radius 2 is 1.60 bits per heavy atom. The normalized spacial score (nSPS) is 29.7. The van der Waals surface area contributed by atoms with Crippen LogP contribution >= 0.6 is 0 Å². The summed E-state index contributed by atoms with van der Waals surface area (Å²) in [6, 6.07) is 2.13. The minimum absolute atomic E-state index is 0.0227. The third-order valence-corrected chi connectivity index (χ3v) is 11.1. The molecular weight excluding hydrogens is 574 g/mol. The molecule has 3 aliphatic rings. The Morgan fingerprint density at radius 1 is 1.00 bits per heavy atom. The number of amides is 3. The monoisotopic (exact) mass is 631 g/mol. The van der Waals surface area contributed by atoms with Gasteiger partial charge in [-0.15, -0.1) is 0 Å². The molecule has 0 bridgehead atoms. The van der Waals surface area contributed by atoms with Gasteiger partial charge >= 0.3 is 5.91 Å². The van der Waals surface area contributed by atoms with E-state index in [0.29, 0.717) is 25.1 Å². The summed E-state index contributed by atoms with van der Waals surface area (Å²) >= 11 is 0. The fourth-order valence-electron chi connectivity index (χ4n) is 8.32. The molecule has 2 heterocycles. The van der Waals surface area contributed by atoms with Gasteiger partial charge in [0.2, 0.25) is 5.91 Å². The highest BCUT2D eigenvalue weighted by atomic mass is 19.1. The number of carbonyl (C=O) groups is 3. The first-order valence-electron chi connectivity index (χ1n) is 16.8. The number of carbonyl (C=O) groups excluding carboxylic acids is 3. The quantitative estimate of drug-likeness (QED) is 0.391. The molecule has 9 heteroatoms. The Hall–Kier alpha value is -2.39. The molecule has 0 aromatic heterocycles. The molecule has 1 aliphatic carbocycles. The van der Waals surface area contributed by atoms with Crippen LogP contribution in [-0.4, -0.2) is 81.3 Å². The maximum Gasteiger partial charge on any atom is 0.319 e. The van der Waals surface area contributed by atoms with Gasteiger partial charge < -0.3 is 10.6 Å². The fraction of sp³-hybridized carbons (Fsp3) is 0.750. The molecule has 0 spiro atoms. The van der Waals surface area contributed by atoms with Crippen LogP contribution in [0, 0.1) is 28.4 Å². The average molecular weight is 632 g/mol. The van der Waals surface area contributed by atoms with Gasteiger partial charge in [0.05, 0.1) is 18.0 Å². The summed E-state index contributed by atoms with van der Waals surface area (Å²) in [6.07, 6.45) is 4.05. The molecule has 2 saturated heterocycles. The van der Waals surface area contributed by atoms with Crippen molar-refractivity contribution in [3.8, 4) is 0 Å². The Morgan fingerprint density at radius 3 is 2.09 bits per heavy atom. The molecule has 2 N–H and O–H groups in total. The zero-order chi connectivity index (χ0) is 33.9. The fourth-order valence-corrected chi connectivity index (χ4v) is 8.32. The number of quaternary nitrogens is 1. The molecule has 0 radical (unpaired) electrons. The maximum absolute atomic E-state index is 15.3. The lowest BCUT2D eigenvalue weighted by molar-refractivity contribution is -0.880. The third kappa shape index (κ3) is 6.85. The second-order valence-electron chi connectivity index (χ2n) is 17.2. The summed E-state index contributed by atoms with van der Waals surface area (Å²) in [7, 11) is 0. The molecular formula is C36H57F2N4O3+. The van der Waals surface area contributed by atoms with Gasteiger partial charge in [0.15, 0.2) is 6.04 Å². The predicted octanol–water partition coefficient (Wildman–Crippen LogP) is 6.00. The molecule has 1 aromatic carbocycles. The largest absolute Gasteiger partial charge is 0.364 e. The second kappa shape index (κ2) is 12.3. The van der Waals surface area contributed by atoms with Crippen LogP contribution in [0.1, 0.15) is 113 Å². The van der Waals surface area contributed by atoms with E-state index in [0.717, 1.165) is 31.7 Å². The first kappa shape index (κ1) is 35.5. The minimum atomic E-state index is -0.819. The van der Waals surface area contributed by atoms with Gasteiger partial charge in [0, 0.05) is 48.5 Å². The summed E-state index contributed by atoms with van der Waals surface area (Å²) in [5, 5.41) is 0. The van der Waals surface area contributed by atoms with Gasteiger partial charge in [-0.2, -0.15) is 0 Å². The lowest BCUT2D eigenvalue weighted by atomic mass is 9.74. The molecule has 3 amide bonds. The smallest absolute Gasteiger partial charge is 0.319 e. The number of hydrogen-bond donors (Lipinski definition) is 1. The van der Waals surface area contributed by atoms with Crippen LogP contribution in [0.4, 0.5) is 8.78 Å². The van der Waals surface area contributed by atoms with E-state index in [9.17, 15) is 14.0 Å². The van der Waals surface area contributed by atoms with Gasteiger partial charge in [-0.25, -0.2) is 18.1 Å². The first-order valence-corrected chi connectivity index (χ1v) is 16.8. The average Bonchev–Trinajstić information content (AvgIpc) is 3.53. The molecule has 5 atom stereocenters. The van der Waals surface area contributed by atoms with Crippen molar-refractivity contribution in [3.63, 3.8) is 0 Å². The molecule has 1 unspecified atom stereocenters. The Balaban J connectivity index is 1.80. The van der Waals surface area contributed by atoms with Crippen molar-refractivity contribution in [2.45, 2.75) is 137 Å². The molecule has 45 heavy (non-hydrogen) atoms. The lowest BCUT2D eigenvalue weighted by Gasteiger charge is -2.45. The molecule has 252 valence electrons. The number of hydrogen-bond acceptors (Lipinski definition) is 4. The van der Waals surface area contributed by atoms with Crippen molar-refractivity contribution < 1.29 is 27.6 Å². The van der Waals surface area contributed by atoms with Crippen LogP contribution in [0.5, 0.6) is 0 Å². The highest BCUT2D eigenvalue weighted by Gasteiger charge is 2.62. The molecule has 3 fully saturated rings. The van der Waals surface area contributed by atoms with E-state index in [1.165, 1.54) is 12.1 Å². The van der Waals surface area contributed by atoms with E-state index in [2.05, 4.69) is 39.5 Å². The van der Waals surface area contributed by atoms with Gasteiger partial charge in [-0.1, -0.05) is 40.7 Å². The number of benzene rings is 1. The topological polar surface area (TPSA) is 83.7 Å². The van der Waals surface area contributed by atoms with E-state index in [1.807, 2.05) is 39.5 Å². The zero-order valence-corrected chi connectivity index (χ0v) is 29.3. The van der Waals surface area contributed by atoms with Crippen LogP contribution in [0.3, 0.4) is 0 Å². The van der Waals surface area contributed by atoms with E-state index >= 15 is 9.18 Å². The Kier molecular flexibility index (Phi) is 9.72. The summed E-state index contributed by atoms with van der Waals surface area (Å²) in [4.78, 5) is 46.9. The number of likely N-dealkylation sites (tertiary alicyclic amines) is 2. The SMILES string of the molecule is CC(C)[N+]1(C(=O)[C@@H]2CN(C(C)(C)C)C[C@H]2c2ccc(F)cc2F)C[C@@H](N(C(=O)C(C)(C)C)C2CCC(C)(C)CC2)C[C@H]1C(N)=O. The minimum Gasteiger partial charge on any atom is -0.364 e. The standard InChI is InChI=1S/C36H56F2N4O3/c1-22(2)42(32(44)28-20-40(35(6,7)8)19-27(28)26-12-11-23(37)17-29(26)38)21-25(18-30(42)31(39)43)41(33(45)34(3,4)5)24-13-15-36(9,10)16-14-24/h11-12,17,22,24-25,27-28,30H,13-16,18-21H2,1-10H3,(H-,39,43)/p+1/t25-,27-,28+,30-,42?/m0/s1. The molecule has 1 aromatic rings. The van der Waals surface area contributed by atoms with Gasteiger partial charge in [-0.3, -0.25) is 14.5 Å². The third-order valence-electron chi connectivity index (χ3n) is 11.1. The summed E-state index contributed by atoms with van der Waals surface area (Å²) < 4.78 is 29.1. The number of rotatable bonds is 6. The number of primary amides is 1. The van der Waals surface area contributed by atoms with Crippen molar-refractivity contribution in [2.75, 3.05) is 19.6 Å². The summed E-state index contributed by atoms with van der Waals surface area (Å²) in [5.74, 6) is -3.17. The highest BCUT2D eigenvalue weighted by Crippen LogP contribution is 2.46. The van der Waals surface area contributed by atoms with Crippen molar-refractivity contribution in [1.29, 1.82) is 0 Å². The van der Waals surface area contributed by atoms with E-state index in [1.54, 1.807) is 0 Å². The van der Waals surface area contributed by atoms with Crippen LogP contribution in [-0.2, 0) is 14.4 Å². The Labute approximate surface area is 269 Å². The molecule has 1 saturated carbocycles. The maximum atomic E-state index is 15.3. The summed E-state index contributed by atoms with van der Waals surface area (Å²) in [5.41, 5.74) is 5.72. The Bertz CT molecular complexity index is 1290. The number of nitrogens with two attached hydrogens (primary N) is 1. The first-order chi connectivity index (χ1) is 20.6. The van der Waals surface area contributed by atoms with Crippen LogP contribution in [0.25, 0.3) is 0 Å². The summed E-state index contributed by atoms with van der Waals surface area (Å²) in [6.45, 7) is 21.5. The highest BCUT2D eigenvalue weighted by molar-refractivity contribution is 5.85. The van der Waals surface area contributed by atoms with Gasteiger partial charge in [0.25, 0.3) is 5.91 Å². The van der Waals surface area contributed by atoms with Crippen molar-refractivity contribution in [1.82, 2.24) is 9.80 Å². The van der Waals surface area contributed by atoms with E-state index < -0.39 is 40.8 Å². The molecule has 2 aliphatic heterocycles. The van der Waals surface area contributed by atoms with E-state index in [-0.39, 0.29) is 51.9 Å². The van der Waals surface area contributed by atoms with Crippen molar-refractivity contribution in [2.24, 2.45) is 22.5 Å². The zero-order valence-electron chi connectivity index (χ0n) is 29.3. The van der Waals surface area contributed by atoms with Crippen LogP contribution in [0.2, 0.25) is 0 Å². The van der Waals surface area contributed by atoms with Crippen molar-refractivity contribution >= 4 is 17.7 Å². The second-order valence-corrected chi connectivity index (χ2v) is 17.2. The van der Waals surface area contributed by atoms with Crippen molar-refractivity contribution in [3.05, 3.63) is 35.4 Å². The lowest BCUT2D eigenvalue weighted by Crippen LogP contribution is -2.66. The number of nitrogens with zero attached hydrogens (tertiary/aromatic N) is 3. The predicted molar refractivity (Wildman–Crippen MR) is 173 cm³/mol. The molecule has 4 rings (SSSR count). The van der Waals surface area contributed by atoms with Crippen LogP contribution in [0.15, 0.2) is 18.2 Å². The number of halogens is 2.